The number of nitrogens with one attached hydrogen (secondary N) is 1. The predicted octanol–water partition coefficient (Wildman–Crippen LogP) is 0.818. The Labute approximate surface area is 82.0 Å². The first-order valence-corrected chi connectivity index (χ1v) is 4.05. The van der Waals surface area contributed by atoms with Crippen LogP contribution in [0.4, 0.5) is 17.1 Å². The van der Waals surface area contributed by atoms with Crippen LogP contribution in [-0.2, 0) is 4.79 Å². The van der Waals surface area contributed by atoms with Gasteiger partial charge in [0.1, 0.15) is 5.75 Å². The van der Waals surface area contributed by atoms with E-state index in [9.17, 15) is 4.79 Å². The van der Waals surface area contributed by atoms with Gasteiger partial charge in [-0.15, -0.1) is 0 Å². The molecule has 0 heterocycles. The second-order valence-electron chi connectivity index (χ2n) is 2.86. The summed E-state index contributed by atoms with van der Waals surface area (Å²) < 4.78 is 4.97. The molecular formula is C9H13N3O2. The number of carbonyl (C=O) groups is 1. The van der Waals surface area contributed by atoms with Gasteiger partial charge in [-0.25, -0.2) is 0 Å². The monoisotopic (exact) mass is 195 g/mol. The van der Waals surface area contributed by atoms with E-state index in [1.807, 2.05) is 0 Å². The molecule has 0 bridgehead atoms. The zero-order valence-corrected chi connectivity index (χ0v) is 8.13. The van der Waals surface area contributed by atoms with Crippen molar-refractivity contribution in [3.05, 3.63) is 12.1 Å². The van der Waals surface area contributed by atoms with Gasteiger partial charge in [-0.2, -0.15) is 0 Å². The lowest BCUT2D eigenvalue weighted by Gasteiger charge is -2.10. The summed E-state index contributed by atoms with van der Waals surface area (Å²) >= 11 is 0. The molecule has 0 aliphatic rings. The fraction of sp³-hybridized carbons (Fsp3) is 0.222. The van der Waals surface area contributed by atoms with Crippen LogP contribution < -0.4 is 21.5 Å². The molecule has 14 heavy (non-hydrogen) atoms. The fourth-order valence-corrected chi connectivity index (χ4v) is 1.09. The standard InChI is InChI=1S/C9H13N3O2/c1-5(13)12-8-3-7(11)9(14-2)4-6(8)10/h3-4H,10-11H2,1-2H3,(H,12,13). The van der Waals surface area contributed by atoms with Crippen molar-refractivity contribution < 1.29 is 9.53 Å². The molecule has 5 N–H and O–H groups in total. The zero-order chi connectivity index (χ0) is 10.7. The van der Waals surface area contributed by atoms with Crippen molar-refractivity contribution in [3.63, 3.8) is 0 Å². The highest BCUT2D eigenvalue weighted by atomic mass is 16.5. The van der Waals surface area contributed by atoms with Gasteiger partial charge < -0.3 is 21.5 Å². The number of ether oxygens (including phenoxy) is 1. The summed E-state index contributed by atoms with van der Waals surface area (Å²) in [5.74, 6) is 0.304. The van der Waals surface area contributed by atoms with E-state index in [1.165, 1.54) is 14.0 Å². The minimum atomic E-state index is -0.193. The van der Waals surface area contributed by atoms with Crippen molar-refractivity contribution in [3.8, 4) is 5.75 Å². The van der Waals surface area contributed by atoms with Crippen LogP contribution in [-0.4, -0.2) is 13.0 Å². The van der Waals surface area contributed by atoms with Gasteiger partial charge in [0.2, 0.25) is 5.91 Å². The van der Waals surface area contributed by atoms with E-state index in [2.05, 4.69) is 5.32 Å². The van der Waals surface area contributed by atoms with Crippen molar-refractivity contribution >= 4 is 23.0 Å². The molecule has 5 heteroatoms. The molecule has 1 rings (SSSR count). The molecule has 76 valence electrons. The third-order valence-electron chi connectivity index (χ3n) is 1.71. The largest absolute Gasteiger partial charge is 0.495 e. The first kappa shape index (κ1) is 10.2. The fourth-order valence-electron chi connectivity index (χ4n) is 1.09. The van der Waals surface area contributed by atoms with Gasteiger partial charge in [0.25, 0.3) is 0 Å². The average Bonchev–Trinajstić information content (AvgIpc) is 2.10. The molecule has 0 aliphatic heterocycles. The Hall–Kier alpha value is -1.91. The number of carbonyl (C=O) groups excluding carboxylic acids is 1. The summed E-state index contributed by atoms with van der Waals surface area (Å²) in [7, 11) is 1.50. The summed E-state index contributed by atoms with van der Waals surface area (Å²) in [6, 6.07) is 3.14. The van der Waals surface area contributed by atoms with Gasteiger partial charge in [0, 0.05) is 13.0 Å². The number of nitrogen functional groups attached to an aromatic ring is 2. The Morgan fingerprint density at radius 1 is 1.36 bits per heavy atom. The van der Waals surface area contributed by atoms with Crippen LogP contribution in [0.3, 0.4) is 0 Å². The smallest absolute Gasteiger partial charge is 0.221 e. The molecule has 0 radical (unpaired) electrons. The molecule has 0 atom stereocenters. The molecule has 0 aliphatic carbocycles. The molecule has 0 unspecified atom stereocenters. The van der Waals surface area contributed by atoms with E-state index in [0.29, 0.717) is 22.8 Å². The van der Waals surface area contributed by atoms with E-state index in [0.717, 1.165) is 0 Å². The zero-order valence-electron chi connectivity index (χ0n) is 8.13. The van der Waals surface area contributed by atoms with Gasteiger partial charge in [-0.1, -0.05) is 0 Å². The van der Waals surface area contributed by atoms with Crippen LogP contribution in [0, 0.1) is 0 Å². The first-order chi connectivity index (χ1) is 6.54. The molecule has 0 saturated carbocycles. The van der Waals surface area contributed by atoms with Gasteiger partial charge in [0.15, 0.2) is 0 Å². The summed E-state index contributed by atoms with van der Waals surface area (Å²) in [5, 5.41) is 2.57. The Kier molecular flexibility index (Phi) is 2.81. The average molecular weight is 195 g/mol. The second-order valence-corrected chi connectivity index (χ2v) is 2.86. The maximum atomic E-state index is 10.8. The van der Waals surface area contributed by atoms with E-state index in [-0.39, 0.29) is 5.91 Å². The van der Waals surface area contributed by atoms with Crippen LogP contribution in [0.5, 0.6) is 5.75 Å². The number of nitrogens with two attached hydrogens (primary N) is 2. The van der Waals surface area contributed by atoms with Crippen molar-refractivity contribution in [1.29, 1.82) is 0 Å². The van der Waals surface area contributed by atoms with Crippen molar-refractivity contribution in [2.24, 2.45) is 0 Å². The van der Waals surface area contributed by atoms with Gasteiger partial charge in [0.05, 0.1) is 24.2 Å². The quantitative estimate of drug-likeness (QED) is 0.609. The number of anilines is 3. The molecular weight excluding hydrogens is 182 g/mol. The van der Waals surface area contributed by atoms with E-state index < -0.39 is 0 Å². The van der Waals surface area contributed by atoms with Crippen LogP contribution in [0.15, 0.2) is 12.1 Å². The van der Waals surface area contributed by atoms with Crippen LogP contribution in [0.25, 0.3) is 0 Å². The van der Waals surface area contributed by atoms with Crippen LogP contribution in [0.1, 0.15) is 6.92 Å². The van der Waals surface area contributed by atoms with Crippen molar-refractivity contribution in [2.75, 3.05) is 23.9 Å². The van der Waals surface area contributed by atoms with Crippen molar-refractivity contribution in [2.45, 2.75) is 6.92 Å². The number of rotatable bonds is 2. The highest BCUT2D eigenvalue weighted by Gasteiger charge is 2.06. The highest BCUT2D eigenvalue weighted by Crippen LogP contribution is 2.30. The lowest BCUT2D eigenvalue weighted by atomic mass is 10.2. The lowest BCUT2D eigenvalue weighted by molar-refractivity contribution is -0.114. The van der Waals surface area contributed by atoms with Crippen molar-refractivity contribution in [1.82, 2.24) is 0 Å². The Balaban J connectivity index is 3.08. The normalized spacial score (nSPS) is 9.57. The lowest BCUT2D eigenvalue weighted by Crippen LogP contribution is -2.09. The third kappa shape index (κ3) is 2.07. The van der Waals surface area contributed by atoms with E-state index in [1.54, 1.807) is 12.1 Å². The van der Waals surface area contributed by atoms with Crippen LogP contribution >= 0.6 is 0 Å². The molecule has 0 saturated heterocycles. The van der Waals surface area contributed by atoms with E-state index >= 15 is 0 Å². The van der Waals surface area contributed by atoms with Crippen LogP contribution in [0.2, 0.25) is 0 Å². The van der Waals surface area contributed by atoms with E-state index in [4.69, 9.17) is 16.2 Å². The molecule has 0 spiro atoms. The minimum Gasteiger partial charge on any atom is -0.495 e. The number of methoxy groups -OCH3 is 1. The first-order valence-electron chi connectivity index (χ1n) is 4.05. The number of hydrogen-bond donors (Lipinski definition) is 3. The topological polar surface area (TPSA) is 90.4 Å². The molecule has 1 aromatic carbocycles. The predicted molar refractivity (Wildman–Crippen MR) is 56.1 cm³/mol. The highest BCUT2D eigenvalue weighted by molar-refractivity contribution is 5.93. The molecule has 1 aromatic rings. The molecule has 1 amide bonds. The molecule has 0 aromatic heterocycles. The summed E-state index contributed by atoms with van der Waals surface area (Å²) in [6.45, 7) is 1.40. The van der Waals surface area contributed by atoms with Gasteiger partial charge >= 0.3 is 0 Å². The minimum absolute atomic E-state index is 0.193. The maximum absolute atomic E-state index is 10.8. The summed E-state index contributed by atoms with van der Waals surface area (Å²) in [4.78, 5) is 10.8. The Morgan fingerprint density at radius 3 is 2.50 bits per heavy atom. The molecule has 0 fully saturated rings. The second kappa shape index (κ2) is 3.87. The maximum Gasteiger partial charge on any atom is 0.221 e. The number of hydrogen-bond acceptors (Lipinski definition) is 4. The molecule has 5 nitrogen and oxygen atoms in total. The van der Waals surface area contributed by atoms with Gasteiger partial charge in [-0.05, 0) is 6.07 Å². The summed E-state index contributed by atoms with van der Waals surface area (Å²) in [6.07, 6.45) is 0. The number of amides is 1. The SMILES string of the molecule is COc1cc(N)c(NC(C)=O)cc1N. The Morgan fingerprint density at radius 2 is 2.00 bits per heavy atom. The number of benzene rings is 1. The summed E-state index contributed by atoms with van der Waals surface area (Å²) in [5.41, 5.74) is 12.7. The third-order valence-corrected chi connectivity index (χ3v) is 1.71. The Bertz CT molecular complexity index is 363. The van der Waals surface area contributed by atoms with Gasteiger partial charge in [-0.3, -0.25) is 4.79 Å².